The highest BCUT2D eigenvalue weighted by atomic mass is 16.2. The molecular formula is C17H28N2O2. The predicted octanol–water partition coefficient (Wildman–Crippen LogP) is 2.48. The van der Waals surface area contributed by atoms with Crippen molar-refractivity contribution >= 4 is 11.8 Å². The van der Waals surface area contributed by atoms with Crippen molar-refractivity contribution in [3.8, 4) is 0 Å². The molecule has 0 spiro atoms. The minimum absolute atomic E-state index is 0.00708. The molecule has 21 heavy (non-hydrogen) atoms. The Kier molecular flexibility index (Phi) is 4.45. The summed E-state index contributed by atoms with van der Waals surface area (Å²) in [6, 6.07) is 0.203. The van der Waals surface area contributed by atoms with Crippen LogP contribution in [0.5, 0.6) is 0 Å². The van der Waals surface area contributed by atoms with Gasteiger partial charge in [-0.25, -0.2) is 0 Å². The van der Waals surface area contributed by atoms with E-state index in [1.165, 1.54) is 5.57 Å². The van der Waals surface area contributed by atoms with Gasteiger partial charge in [0.2, 0.25) is 11.8 Å². The molecule has 0 heterocycles. The van der Waals surface area contributed by atoms with E-state index in [9.17, 15) is 9.59 Å². The summed E-state index contributed by atoms with van der Waals surface area (Å²) in [5, 5.41) is 0. The van der Waals surface area contributed by atoms with E-state index in [0.29, 0.717) is 0 Å². The smallest absolute Gasteiger partial charge is 0.237 e. The zero-order valence-corrected chi connectivity index (χ0v) is 13.7. The van der Waals surface area contributed by atoms with Crippen LogP contribution in [0.25, 0.3) is 0 Å². The molecule has 118 valence electrons. The number of carbonyl (C=O) groups is 2. The van der Waals surface area contributed by atoms with Crippen LogP contribution in [0.1, 0.15) is 53.4 Å². The van der Waals surface area contributed by atoms with Crippen molar-refractivity contribution in [2.45, 2.75) is 59.4 Å². The third kappa shape index (κ3) is 3.30. The molecule has 2 N–H and O–H groups in total. The molecule has 0 aliphatic heterocycles. The van der Waals surface area contributed by atoms with E-state index in [4.69, 9.17) is 5.73 Å². The van der Waals surface area contributed by atoms with Gasteiger partial charge in [0.1, 0.15) is 0 Å². The van der Waals surface area contributed by atoms with Crippen LogP contribution in [0, 0.1) is 17.3 Å². The molecule has 0 saturated heterocycles. The van der Waals surface area contributed by atoms with Gasteiger partial charge in [-0.05, 0) is 38.0 Å². The molecule has 0 aromatic carbocycles. The molecule has 2 rings (SSSR count). The van der Waals surface area contributed by atoms with E-state index >= 15 is 0 Å². The first kappa shape index (κ1) is 16.1. The fourth-order valence-corrected chi connectivity index (χ4v) is 3.77. The van der Waals surface area contributed by atoms with Crippen LogP contribution in [0.3, 0.4) is 0 Å². The van der Waals surface area contributed by atoms with Crippen LogP contribution < -0.4 is 5.73 Å². The molecular weight excluding hydrogens is 264 g/mol. The highest BCUT2D eigenvalue weighted by Crippen LogP contribution is 2.60. The molecule has 2 amide bonds. The number of allylic oxidation sites excluding steroid dienone is 2. The van der Waals surface area contributed by atoms with Crippen LogP contribution in [0.15, 0.2) is 11.6 Å². The first-order valence-corrected chi connectivity index (χ1v) is 7.99. The van der Waals surface area contributed by atoms with Crippen molar-refractivity contribution in [1.29, 1.82) is 0 Å². The number of primary amides is 1. The van der Waals surface area contributed by atoms with E-state index in [-0.39, 0.29) is 35.7 Å². The van der Waals surface area contributed by atoms with Crippen LogP contribution in [-0.4, -0.2) is 29.3 Å². The maximum atomic E-state index is 12.9. The summed E-state index contributed by atoms with van der Waals surface area (Å²) >= 11 is 0. The van der Waals surface area contributed by atoms with Gasteiger partial charge in [0.15, 0.2) is 0 Å². The number of hydrogen-bond acceptors (Lipinski definition) is 2. The van der Waals surface area contributed by atoms with Gasteiger partial charge in [-0.2, -0.15) is 0 Å². The minimum Gasteiger partial charge on any atom is -0.368 e. The Morgan fingerprint density at radius 3 is 2.29 bits per heavy atom. The molecule has 2 saturated carbocycles. The van der Waals surface area contributed by atoms with Gasteiger partial charge in [-0.1, -0.05) is 38.3 Å². The number of nitrogens with zero attached hydrogens (tertiary/aromatic N) is 1. The molecule has 2 fully saturated rings. The normalized spacial score (nSPS) is 27.2. The lowest BCUT2D eigenvalue weighted by atomic mass is 10.1. The van der Waals surface area contributed by atoms with Crippen molar-refractivity contribution < 1.29 is 9.59 Å². The van der Waals surface area contributed by atoms with Gasteiger partial charge in [-0.3, -0.25) is 9.59 Å². The van der Waals surface area contributed by atoms with Gasteiger partial charge in [0.25, 0.3) is 0 Å². The second kappa shape index (κ2) is 5.82. The summed E-state index contributed by atoms with van der Waals surface area (Å²) in [5.74, 6) is -0.0141. The van der Waals surface area contributed by atoms with E-state index in [0.717, 1.165) is 25.7 Å². The Bertz CT molecular complexity index is 457. The fraction of sp³-hybridized carbons (Fsp3) is 0.765. The Morgan fingerprint density at radius 2 is 1.81 bits per heavy atom. The van der Waals surface area contributed by atoms with Crippen LogP contribution >= 0.6 is 0 Å². The fourth-order valence-electron chi connectivity index (χ4n) is 3.77. The second-order valence-corrected chi connectivity index (χ2v) is 7.44. The number of carbonyl (C=O) groups excluding carboxylic acids is 2. The SMILES string of the molecule is CC(C)=C[C@H]1[C@@H](C(=O)N(CC(N)=O)C2CCCC2)C1(C)C. The summed E-state index contributed by atoms with van der Waals surface area (Å²) in [7, 11) is 0. The highest BCUT2D eigenvalue weighted by Gasteiger charge is 2.61. The predicted molar refractivity (Wildman–Crippen MR) is 83.4 cm³/mol. The van der Waals surface area contributed by atoms with Crippen molar-refractivity contribution in [3.05, 3.63) is 11.6 Å². The third-order valence-electron chi connectivity index (χ3n) is 5.06. The van der Waals surface area contributed by atoms with Gasteiger partial charge in [0.05, 0.1) is 12.5 Å². The maximum Gasteiger partial charge on any atom is 0.237 e. The van der Waals surface area contributed by atoms with Crippen LogP contribution in [-0.2, 0) is 9.59 Å². The average molecular weight is 292 g/mol. The lowest BCUT2D eigenvalue weighted by Gasteiger charge is -2.28. The molecule has 2 atom stereocenters. The van der Waals surface area contributed by atoms with E-state index in [1.54, 1.807) is 4.90 Å². The molecule has 0 aromatic rings. The standard InChI is InChI=1S/C17H28N2O2/c1-11(2)9-13-15(17(13,3)4)16(21)19(10-14(18)20)12-7-5-6-8-12/h9,12-13,15H,5-8,10H2,1-4H3,(H2,18,20)/t13-,15-/m0/s1. The quantitative estimate of drug-likeness (QED) is 0.791. The van der Waals surface area contributed by atoms with Crippen molar-refractivity contribution in [3.63, 3.8) is 0 Å². The average Bonchev–Trinajstić information content (AvgIpc) is 2.79. The lowest BCUT2D eigenvalue weighted by Crippen LogP contribution is -2.45. The topological polar surface area (TPSA) is 63.4 Å². The monoisotopic (exact) mass is 292 g/mol. The summed E-state index contributed by atoms with van der Waals surface area (Å²) < 4.78 is 0. The zero-order chi connectivity index (χ0) is 15.8. The van der Waals surface area contributed by atoms with Crippen LogP contribution in [0.4, 0.5) is 0 Å². The summed E-state index contributed by atoms with van der Waals surface area (Å²) in [6.45, 7) is 8.47. The number of amides is 2. The maximum absolute atomic E-state index is 12.9. The van der Waals surface area contributed by atoms with Crippen molar-refractivity contribution in [2.75, 3.05) is 6.54 Å². The Labute approximate surface area is 127 Å². The molecule has 2 aliphatic rings. The van der Waals surface area contributed by atoms with Crippen molar-refractivity contribution in [1.82, 2.24) is 4.90 Å². The van der Waals surface area contributed by atoms with E-state index < -0.39 is 5.91 Å². The number of nitrogens with two attached hydrogens (primary N) is 1. The molecule has 4 nitrogen and oxygen atoms in total. The van der Waals surface area contributed by atoms with Crippen molar-refractivity contribution in [2.24, 2.45) is 23.0 Å². The molecule has 0 radical (unpaired) electrons. The first-order valence-electron chi connectivity index (χ1n) is 7.99. The number of hydrogen-bond donors (Lipinski definition) is 1. The Hall–Kier alpha value is -1.32. The third-order valence-corrected chi connectivity index (χ3v) is 5.06. The number of rotatable bonds is 5. The van der Waals surface area contributed by atoms with E-state index in [2.05, 4.69) is 33.8 Å². The van der Waals surface area contributed by atoms with Crippen LogP contribution in [0.2, 0.25) is 0 Å². The molecule has 0 bridgehead atoms. The summed E-state index contributed by atoms with van der Waals surface area (Å²) in [6.07, 6.45) is 6.47. The van der Waals surface area contributed by atoms with Gasteiger partial charge < -0.3 is 10.6 Å². The largest absolute Gasteiger partial charge is 0.368 e. The zero-order valence-electron chi connectivity index (χ0n) is 13.7. The summed E-state index contributed by atoms with van der Waals surface area (Å²) in [4.78, 5) is 26.0. The molecule has 0 unspecified atom stereocenters. The molecule has 0 aromatic heterocycles. The van der Waals surface area contributed by atoms with Gasteiger partial charge in [0, 0.05) is 6.04 Å². The minimum atomic E-state index is -0.410. The second-order valence-electron chi connectivity index (χ2n) is 7.44. The summed E-state index contributed by atoms with van der Waals surface area (Å²) in [5.41, 5.74) is 6.59. The lowest BCUT2D eigenvalue weighted by molar-refractivity contribution is -0.139. The van der Waals surface area contributed by atoms with Gasteiger partial charge in [-0.15, -0.1) is 0 Å². The molecule has 4 heteroatoms. The Morgan fingerprint density at radius 1 is 1.24 bits per heavy atom. The first-order chi connectivity index (χ1) is 9.75. The highest BCUT2D eigenvalue weighted by molar-refractivity contribution is 5.88. The molecule has 2 aliphatic carbocycles. The van der Waals surface area contributed by atoms with E-state index in [1.807, 2.05) is 0 Å². The van der Waals surface area contributed by atoms with Gasteiger partial charge >= 0.3 is 0 Å². The Balaban J connectivity index is 2.15.